The number of hydrogen-bond acceptors (Lipinski definition) is 4. The fourth-order valence-corrected chi connectivity index (χ4v) is 2.72. The van der Waals surface area contributed by atoms with E-state index < -0.39 is 0 Å². The Labute approximate surface area is 133 Å². The minimum Gasteiger partial charge on any atom is -0.368 e. The minimum absolute atomic E-state index is 0.217. The van der Waals surface area contributed by atoms with Crippen LogP contribution >= 0.6 is 23.2 Å². The van der Waals surface area contributed by atoms with E-state index in [0.717, 1.165) is 11.5 Å². The van der Waals surface area contributed by atoms with Crippen LogP contribution in [0.25, 0.3) is 11.3 Å². The number of halogens is 2. The van der Waals surface area contributed by atoms with Gasteiger partial charge >= 0.3 is 0 Å². The molecule has 3 N–H and O–H groups in total. The molecule has 1 aromatic heterocycles. The maximum atomic E-state index is 6.25. The second kappa shape index (κ2) is 5.70. The van der Waals surface area contributed by atoms with Gasteiger partial charge in [-0.25, -0.2) is 4.98 Å². The molecule has 0 spiro atoms. The Kier molecular flexibility index (Phi) is 3.91. The van der Waals surface area contributed by atoms with E-state index in [-0.39, 0.29) is 5.95 Å². The average Bonchev–Trinajstić information content (AvgIpc) is 3.25. The molecule has 21 heavy (non-hydrogen) atoms. The van der Waals surface area contributed by atoms with E-state index in [2.05, 4.69) is 22.2 Å². The van der Waals surface area contributed by atoms with E-state index in [0.29, 0.717) is 27.6 Å². The van der Waals surface area contributed by atoms with Crippen LogP contribution in [0.5, 0.6) is 0 Å². The lowest BCUT2D eigenvalue weighted by molar-refractivity contribution is 0.690. The largest absolute Gasteiger partial charge is 0.368 e. The molecule has 110 valence electrons. The smallest absolute Gasteiger partial charge is 0.222 e. The number of rotatable bonds is 4. The van der Waals surface area contributed by atoms with Crippen LogP contribution in [0.3, 0.4) is 0 Å². The monoisotopic (exact) mass is 322 g/mol. The first-order valence-corrected chi connectivity index (χ1v) is 7.65. The van der Waals surface area contributed by atoms with Crippen LogP contribution < -0.4 is 11.1 Å². The Hall–Kier alpha value is -1.52. The fraction of sp³-hybridized carbons (Fsp3) is 0.333. The van der Waals surface area contributed by atoms with Crippen LogP contribution in [-0.2, 0) is 0 Å². The van der Waals surface area contributed by atoms with Crippen molar-refractivity contribution in [3.05, 3.63) is 34.3 Å². The van der Waals surface area contributed by atoms with Crippen molar-refractivity contribution in [1.29, 1.82) is 0 Å². The van der Waals surface area contributed by atoms with Gasteiger partial charge in [0.05, 0.1) is 15.7 Å². The molecule has 1 aliphatic carbocycles. The molecule has 0 saturated heterocycles. The van der Waals surface area contributed by atoms with Crippen LogP contribution in [-0.4, -0.2) is 16.0 Å². The summed E-state index contributed by atoms with van der Waals surface area (Å²) in [6.07, 6.45) is 2.53. The van der Waals surface area contributed by atoms with Gasteiger partial charge in [0.25, 0.3) is 0 Å². The normalized spacial score (nSPS) is 15.8. The summed E-state index contributed by atoms with van der Waals surface area (Å²) in [5, 5.41) is 4.35. The van der Waals surface area contributed by atoms with E-state index in [1.54, 1.807) is 6.07 Å². The topological polar surface area (TPSA) is 63.8 Å². The van der Waals surface area contributed by atoms with Gasteiger partial charge in [0.2, 0.25) is 5.95 Å². The highest BCUT2D eigenvalue weighted by Crippen LogP contribution is 2.35. The molecule has 0 bridgehead atoms. The van der Waals surface area contributed by atoms with Crippen molar-refractivity contribution in [3.63, 3.8) is 0 Å². The van der Waals surface area contributed by atoms with Crippen molar-refractivity contribution in [2.75, 3.05) is 11.1 Å². The van der Waals surface area contributed by atoms with Gasteiger partial charge in [-0.3, -0.25) is 0 Å². The van der Waals surface area contributed by atoms with E-state index in [1.165, 1.54) is 12.8 Å². The molecule has 1 aromatic carbocycles. The predicted molar refractivity (Wildman–Crippen MR) is 87.7 cm³/mol. The average molecular weight is 323 g/mol. The lowest BCUT2D eigenvalue weighted by Crippen LogP contribution is -2.18. The molecule has 1 fully saturated rings. The highest BCUT2D eigenvalue weighted by molar-refractivity contribution is 6.43. The number of hydrogen-bond donors (Lipinski definition) is 2. The van der Waals surface area contributed by atoms with E-state index in [9.17, 15) is 0 Å². The molecule has 0 amide bonds. The molecular weight excluding hydrogens is 307 g/mol. The maximum absolute atomic E-state index is 6.25. The van der Waals surface area contributed by atoms with Gasteiger partial charge in [0.1, 0.15) is 5.82 Å². The Morgan fingerprint density at radius 3 is 2.76 bits per heavy atom. The molecule has 0 unspecified atom stereocenters. The van der Waals surface area contributed by atoms with Crippen molar-refractivity contribution in [3.8, 4) is 11.3 Å². The number of nitrogens with two attached hydrogens (primary N) is 1. The molecule has 6 heteroatoms. The van der Waals surface area contributed by atoms with Gasteiger partial charge in [-0.2, -0.15) is 4.98 Å². The van der Waals surface area contributed by atoms with E-state index in [1.807, 2.05) is 18.2 Å². The summed E-state index contributed by atoms with van der Waals surface area (Å²) in [7, 11) is 0. The molecule has 4 nitrogen and oxygen atoms in total. The number of anilines is 2. The third-order valence-electron chi connectivity index (χ3n) is 3.68. The SMILES string of the molecule is C[C@@H](Nc1cc(-c2cccc(Cl)c2Cl)nc(N)n1)C1CC1. The van der Waals surface area contributed by atoms with Gasteiger partial charge in [-0.1, -0.05) is 35.3 Å². The first kappa shape index (κ1) is 14.4. The summed E-state index contributed by atoms with van der Waals surface area (Å²) in [6, 6.07) is 7.67. The van der Waals surface area contributed by atoms with Crippen LogP contribution in [0.4, 0.5) is 11.8 Å². The van der Waals surface area contributed by atoms with E-state index >= 15 is 0 Å². The molecule has 0 aliphatic heterocycles. The van der Waals surface area contributed by atoms with E-state index in [4.69, 9.17) is 28.9 Å². The first-order valence-electron chi connectivity index (χ1n) is 6.90. The minimum atomic E-state index is 0.217. The van der Waals surface area contributed by atoms with Gasteiger partial charge < -0.3 is 11.1 Å². The Balaban J connectivity index is 1.95. The number of nitrogens with one attached hydrogen (secondary N) is 1. The molecule has 2 aromatic rings. The molecule has 1 aliphatic rings. The van der Waals surface area contributed by atoms with Crippen molar-refractivity contribution in [2.45, 2.75) is 25.8 Å². The summed E-state index contributed by atoms with van der Waals surface area (Å²) in [6.45, 7) is 2.15. The predicted octanol–water partition coefficient (Wildman–Crippen LogP) is 4.24. The van der Waals surface area contributed by atoms with Crippen molar-refractivity contribution < 1.29 is 0 Å². The highest BCUT2D eigenvalue weighted by Gasteiger charge is 2.28. The molecule has 1 saturated carbocycles. The molecule has 0 radical (unpaired) electrons. The molecule has 3 rings (SSSR count). The van der Waals surface area contributed by atoms with Crippen molar-refractivity contribution in [1.82, 2.24) is 9.97 Å². The lowest BCUT2D eigenvalue weighted by atomic mass is 10.1. The quantitative estimate of drug-likeness (QED) is 0.883. The molecule has 1 atom stereocenters. The third-order valence-corrected chi connectivity index (χ3v) is 4.49. The Morgan fingerprint density at radius 1 is 1.29 bits per heavy atom. The highest BCUT2D eigenvalue weighted by atomic mass is 35.5. The number of benzene rings is 1. The Morgan fingerprint density at radius 2 is 2.05 bits per heavy atom. The summed E-state index contributed by atoms with van der Waals surface area (Å²) in [5.41, 5.74) is 7.23. The second-order valence-corrected chi connectivity index (χ2v) is 6.15. The summed E-state index contributed by atoms with van der Waals surface area (Å²) in [4.78, 5) is 8.50. The van der Waals surface area contributed by atoms with Gasteiger partial charge in [0, 0.05) is 17.7 Å². The Bertz CT molecular complexity index is 671. The van der Waals surface area contributed by atoms with Gasteiger partial charge in [-0.05, 0) is 31.7 Å². The van der Waals surface area contributed by atoms with Crippen molar-refractivity contribution >= 4 is 35.0 Å². The fourth-order valence-electron chi connectivity index (χ4n) is 2.33. The zero-order chi connectivity index (χ0) is 15.0. The number of nitrogens with zero attached hydrogens (tertiary/aromatic N) is 2. The van der Waals surface area contributed by atoms with Crippen molar-refractivity contribution in [2.24, 2.45) is 5.92 Å². The number of aromatic nitrogens is 2. The summed E-state index contributed by atoms with van der Waals surface area (Å²) >= 11 is 12.3. The van der Waals surface area contributed by atoms with Gasteiger partial charge in [-0.15, -0.1) is 0 Å². The van der Waals surface area contributed by atoms with Crippen LogP contribution in [0.2, 0.25) is 10.0 Å². The molecule has 1 heterocycles. The zero-order valence-corrected chi connectivity index (χ0v) is 13.1. The summed E-state index contributed by atoms with van der Waals surface area (Å²) in [5.74, 6) is 1.65. The first-order chi connectivity index (χ1) is 10.0. The van der Waals surface area contributed by atoms with Crippen LogP contribution in [0.1, 0.15) is 19.8 Å². The second-order valence-electron chi connectivity index (χ2n) is 5.37. The maximum Gasteiger partial charge on any atom is 0.222 e. The zero-order valence-electron chi connectivity index (χ0n) is 11.6. The van der Waals surface area contributed by atoms with Crippen LogP contribution in [0.15, 0.2) is 24.3 Å². The van der Waals surface area contributed by atoms with Crippen LogP contribution in [0, 0.1) is 5.92 Å². The third kappa shape index (κ3) is 3.22. The summed E-state index contributed by atoms with van der Waals surface area (Å²) < 4.78 is 0. The lowest BCUT2D eigenvalue weighted by Gasteiger charge is -2.15. The molecular formula is C15H16Cl2N4. The number of nitrogen functional groups attached to an aromatic ring is 1. The standard InChI is InChI=1S/C15H16Cl2N4/c1-8(9-5-6-9)19-13-7-12(20-15(18)21-13)10-3-2-4-11(16)14(10)17/h2-4,7-9H,5-6H2,1H3,(H3,18,19,20,21)/t8-/m1/s1. The van der Waals surface area contributed by atoms with Gasteiger partial charge in [0.15, 0.2) is 0 Å².